The Morgan fingerprint density at radius 2 is 1.31 bits per heavy atom. The predicted octanol–water partition coefficient (Wildman–Crippen LogP) is 8.68. The van der Waals surface area contributed by atoms with Crippen LogP contribution in [-0.4, -0.2) is 27.7 Å². The predicted molar refractivity (Wildman–Crippen MR) is 159 cm³/mol. The average Bonchev–Trinajstić information content (AvgIpc) is 2.99. The summed E-state index contributed by atoms with van der Waals surface area (Å²) in [7, 11) is 0. The smallest absolute Gasteiger partial charge is 0.261 e. The van der Waals surface area contributed by atoms with Gasteiger partial charge in [-0.3, -0.25) is 19.5 Å². The first-order valence-electron chi connectivity index (χ1n) is 14.0. The first kappa shape index (κ1) is 25.0. The molecule has 194 valence electrons. The Morgan fingerprint density at radius 1 is 0.667 bits per heavy atom. The Hall–Kier alpha value is -4.31. The van der Waals surface area contributed by atoms with Crippen molar-refractivity contribution in [1.29, 1.82) is 0 Å². The van der Waals surface area contributed by atoms with Crippen LogP contribution in [0.25, 0.3) is 43.8 Å². The highest BCUT2D eigenvalue weighted by Gasteiger charge is 2.37. The highest BCUT2D eigenvalue weighted by Crippen LogP contribution is 2.41. The number of carbonyl (C=O) groups is 2. The van der Waals surface area contributed by atoms with Crippen molar-refractivity contribution in [2.45, 2.75) is 52.0 Å². The second-order valence-corrected chi connectivity index (χ2v) is 10.4. The van der Waals surface area contributed by atoms with Gasteiger partial charge in [-0.15, -0.1) is 0 Å². The average molecular weight is 513 g/mol. The lowest BCUT2D eigenvalue weighted by atomic mass is 9.86. The van der Waals surface area contributed by atoms with E-state index in [4.69, 9.17) is 0 Å². The van der Waals surface area contributed by atoms with E-state index >= 15 is 0 Å². The number of benzene rings is 4. The lowest BCUT2D eigenvalue weighted by molar-refractivity contribution is 0.0524. The fourth-order valence-corrected chi connectivity index (χ4v) is 6.13. The van der Waals surface area contributed by atoms with Gasteiger partial charge in [-0.05, 0) is 63.9 Å². The maximum absolute atomic E-state index is 13.8. The third kappa shape index (κ3) is 4.21. The van der Waals surface area contributed by atoms with Crippen molar-refractivity contribution < 1.29 is 9.59 Å². The minimum Gasteiger partial charge on any atom is -0.271 e. The largest absolute Gasteiger partial charge is 0.271 e. The first-order valence-corrected chi connectivity index (χ1v) is 14.0. The summed E-state index contributed by atoms with van der Waals surface area (Å²) in [6.45, 7) is 4.24. The van der Waals surface area contributed by atoms with Crippen molar-refractivity contribution in [1.82, 2.24) is 9.88 Å². The summed E-state index contributed by atoms with van der Waals surface area (Å²) in [5.74, 6) is -0.342. The molecule has 0 saturated carbocycles. The van der Waals surface area contributed by atoms with Gasteiger partial charge >= 0.3 is 0 Å². The molecule has 1 aromatic heterocycles. The monoisotopic (exact) mass is 512 g/mol. The number of pyridine rings is 1. The zero-order chi connectivity index (χ0) is 26.9. The number of fused-ring (bicyclic) bond motifs is 1. The molecule has 2 amide bonds. The minimum absolute atomic E-state index is 0.0800. The van der Waals surface area contributed by atoms with E-state index in [2.05, 4.69) is 67.4 Å². The normalized spacial score (nSPS) is 13.8. The van der Waals surface area contributed by atoms with Gasteiger partial charge in [0.05, 0.1) is 0 Å². The number of hydrogen-bond acceptors (Lipinski definition) is 3. The van der Waals surface area contributed by atoms with Gasteiger partial charge in [-0.25, -0.2) is 0 Å². The zero-order valence-corrected chi connectivity index (χ0v) is 22.5. The molecule has 0 spiro atoms. The van der Waals surface area contributed by atoms with Crippen LogP contribution in [0.5, 0.6) is 0 Å². The SMILES string of the molecule is CCCCCC(CC)N1C(=O)c2cccc3c(-c4ccc(-c5cccnc5)c5ccccc45)ccc(c23)C1=O. The van der Waals surface area contributed by atoms with Crippen LogP contribution in [0.1, 0.15) is 66.7 Å². The number of imide groups is 1. The number of aromatic nitrogens is 1. The molecular formula is C35H32N2O2. The van der Waals surface area contributed by atoms with E-state index in [0.717, 1.165) is 75.9 Å². The molecule has 0 aliphatic carbocycles. The van der Waals surface area contributed by atoms with Gasteiger partial charge in [-0.1, -0.05) is 93.8 Å². The van der Waals surface area contributed by atoms with E-state index < -0.39 is 0 Å². The van der Waals surface area contributed by atoms with Crippen LogP contribution in [-0.2, 0) is 0 Å². The third-order valence-electron chi connectivity index (χ3n) is 8.10. The Labute approximate surface area is 229 Å². The highest BCUT2D eigenvalue weighted by atomic mass is 16.2. The molecule has 4 nitrogen and oxygen atoms in total. The third-order valence-corrected chi connectivity index (χ3v) is 8.10. The summed E-state index contributed by atoms with van der Waals surface area (Å²) in [4.78, 5) is 33.5. The van der Waals surface area contributed by atoms with Crippen LogP contribution < -0.4 is 0 Å². The van der Waals surface area contributed by atoms with Crippen molar-refractivity contribution >= 4 is 33.4 Å². The Kier molecular flexibility index (Phi) is 6.70. The molecule has 4 aromatic carbocycles. The Bertz CT molecular complexity index is 1680. The quantitative estimate of drug-likeness (QED) is 0.154. The van der Waals surface area contributed by atoms with Crippen LogP contribution >= 0.6 is 0 Å². The fourth-order valence-electron chi connectivity index (χ4n) is 6.13. The van der Waals surface area contributed by atoms with E-state index in [1.165, 1.54) is 4.90 Å². The number of unbranched alkanes of at least 4 members (excludes halogenated alkanes) is 2. The molecule has 0 bridgehead atoms. The van der Waals surface area contributed by atoms with E-state index in [1.54, 1.807) is 6.20 Å². The van der Waals surface area contributed by atoms with E-state index in [0.29, 0.717) is 11.1 Å². The van der Waals surface area contributed by atoms with Crippen molar-refractivity contribution in [3.05, 3.63) is 102 Å². The van der Waals surface area contributed by atoms with Gasteiger partial charge in [0.15, 0.2) is 0 Å². The van der Waals surface area contributed by atoms with Crippen LogP contribution in [0.15, 0.2) is 91.3 Å². The van der Waals surface area contributed by atoms with Gasteiger partial charge in [0, 0.05) is 40.5 Å². The second kappa shape index (κ2) is 10.5. The summed E-state index contributed by atoms with van der Waals surface area (Å²) >= 11 is 0. The first-order chi connectivity index (χ1) is 19.1. The fraction of sp³-hybridized carbons (Fsp3) is 0.229. The number of amides is 2. The molecule has 0 radical (unpaired) electrons. The lowest BCUT2D eigenvalue weighted by Crippen LogP contribution is -2.46. The van der Waals surface area contributed by atoms with Crippen LogP contribution in [0.2, 0.25) is 0 Å². The zero-order valence-electron chi connectivity index (χ0n) is 22.5. The molecule has 6 rings (SSSR count). The van der Waals surface area contributed by atoms with E-state index in [9.17, 15) is 9.59 Å². The number of nitrogens with zero attached hydrogens (tertiary/aromatic N) is 2. The molecule has 1 aliphatic rings. The number of hydrogen-bond donors (Lipinski definition) is 0. The standard InChI is InChI=1S/C35H32N2O2/c1-3-5-6-12-24(4-2)37-34(38)31-16-9-15-30-29(19-20-32(33(30)31)35(37)39)28-18-17-25(23-11-10-21-36-22-23)26-13-7-8-14-27(26)28/h7-11,13-22,24H,3-6,12H2,1-2H3. The van der Waals surface area contributed by atoms with Crippen molar-refractivity contribution in [3.63, 3.8) is 0 Å². The van der Waals surface area contributed by atoms with Gasteiger partial charge in [0.2, 0.25) is 0 Å². The van der Waals surface area contributed by atoms with Crippen molar-refractivity contribution in [2.75, 3.05) is 0 Å². The van der Waals surface area contributed by atoms with E-state index in [1.807, 2.05) is 36.5 Å². The minimum atomic E-state index is -0.171. The molecular weight excluding hydrogens is 480 g/mol. The molecule has 1 atom stereocenters. The van der Waals surface area contributed by atoms with Crippen LogP contribution in [0, 0.1) is 0 Å². The summed E-state index contributed by atoms with van der Waals surface area (Å²) in [5.41, 5.74) is 5.53. The van der Waals surface area contributed by atoms with Gasteiger partial charge in [0.25, 0.3) is 11.8 Å². The van der Waals surface area contributed by atoms with Gasteiger partial charge < -0.3 is 0 Å². The van der Waals surface area contributed by atoms with Crippen LogP contribution in [0.3, 0.4) is 0 Å². The lowest BCUT2D eigenvalue weighted by Gasteiger charge is -2.34. The summed E-state index contributed by atoms with van der Waals surface area (Å²) in [6.07, 6.45) is 8.52. The Balaban J connectivity index is 1.50. The summed E-state index contributed by atoms with van der Waals surface area (Å²) < 4.78 is 0. The molecule has 0 N–H and O–H groups in total. The summed E-state index contributed by atoms with van der Waals surface area (Å²) in [6, 6.07) is 26.5. The molecule has 5 aromatic rings. The molecule has 1 aliphatic heterocycles. The van der Waals surface area contributed by atoms with Crippen molar-refractivity contribution in [3.8, 4) is 22.3 Å². The molecule has 39 heavy (non-hydrogen) atoms. The van der Waals surface area contributed by atoms with Crippen molar-refractivity contribution in [2.24, 2.45) is 0 Å². The molecule has 0 fully saturated rings. The number of rotatable bonds is 8. The van der Waals surface area contributed by atoms with Gasteiger partial charge in [0.1, 0.15) is 0 Å². The maximum atomic E-state index is 13.8. The molecule has 4 heteroatoms. The van der Waals surface area contributed by atoms with E-state index in [-0.39, 0.29) is 17.9 Å². The topological polar surface area (TPSA) is 50.3 Å². The molecule has 1 unspecified atom stereocenters. The summed E-state index contributed by atoms with van der Waals surface area (Å²) in [5, 5.41) is 3.96. The number of carbonyl (C=O) groups excluding carboxylic acids is 2. The second-order valence-electron chi connectivity index (χ2n) is 10.4. The Morgan fingerprint density at radius 3 is 2.00 bits per heavy atom. The van der Waals surface area contributed by atoms with Crippen LogP contribution in [0.4, 0.5) is 0 Å². The van der Waals surface area contributed by atoms with Gasteiger partial charge in [-0.2, -0.15) is 0 Å². The highest BCUT2D eigenvalue weighted by molar-refractivity contribution is 6.27. The molecule has 2 heterocycles. The maximum Gasteiger partial charge on any atom is 0.261 e. The molecule has 0 saturated heterocycles.